The normalized spacial score (nSPS) is 16.0. The van der Waals surface area contributed by atoms with Crippen LogP contribution in [-0.2, 0) is 47.2 Å². The Bertz CT molecular complexity index is 2890. The molecule has 0 heterocycles. The molecular formula is C54H58N2O10S2. The van der Waals surface area contributed by atoms with Gasteiger partial charge in [-0.3, -0.25) is 0 Å². The van der Waals surface area contributed by atoms with Crippen molar-refractivity contribution in [2.75, 3.05) is 13.2 Å². The van der Waals surface area contributed by atoms with Gasteiger partial charge in [-0.25, -0.2) is 35.9 Å². The third-order valence-electron chi connectivity index (χ3n) is 11.7. The number of carboxylic acid groups (broad SMARTS) is 1. The summed E-state index contributed by atoms with van der Waals surface area (Å²) in [6.07, 6.45) is 6.33. The van der Waals surface area contributed by atoms with Crippen molar-refractivity contribution in [3.05, 3.63) is 168 Å². The number of benzene rings is 6. The van der Waals surface area contributed by atoms with E-state index < -0.39 is 50.2 Å². The standard InChI is InChI=1S/C29H33NO5S.C25H25NO5S/c1-29(2,3)35-28(31)20-34-27-15-9-13-24-25(27)12-7-8-14-26(24)30-36(32,33)23-18-16-22(17-19-23)21-10-5-4-6-11-21;27-25(28)17-31-24-12-6-10-21-22(24)9-4-5-11-23(21)26-32(29,30)20-15-13-19(14-16-20)18-7-2-1-3-8-18/h4-6,9-11,13,15-19,26,30H,7-8,12,14,20H2,1-3H3;1-3,6-8,10,12-16,23,26H,4-5,9,11,17H2,(H,27,28). The Morgan fingerprint density at radius 2 is 0.926 bits per heavy atom. The number of carboxylic acids is 1. The smallest absolute Gasteiger partial charge is 0.344 e. The summed E-state index contributed by atoms with van der Waals surface area (Å²) in [6.45, 7) is 4.81. The van der Waals surface area contributed by atoms with E-state index in [9.17, 15) is 26.4 Å². The molecule has 12 nitrogen and oxygen atoms in total. The maximum Gasteiger partial charge on any atom is 0.344 e. The molecule has 14 heteroatoms. The number of nitrogens with one attached hydrogen (secondary N) is 2. The van der Waals surface area contributed by atoms with E-state index in [1.165, 1.54) is 0 Å². The first-order valence-corrected chi connectivity index (χ1v) is 25.8. The van der Waals surface area contributed by atoms with E-state index in [0.717, 1.165) is 83.0 Å². The summed E-state index contributed by atoms with van der Waals surface area (Å²) in [5.74, 6) is -0.391. The molecule has 0 bridgehead atoms. The van der Waals surface area contributed by atoms with Crippen LogP contribution in [0.2, 0.25) is 0 Å². The van der Waals surface area contributed by atoms with Crippen molar-refractivity contribution in [3.8, 4) is 33.8 Å². The topological polar surface area (TPSA) is 174 Å². The molecule has 0 saturated carbocycles. The number of aliphatic carboxylic acids is 1. The van der Waals surface area contributed by atoms with Gasteiger partial charge in [-0.15, -0.1) is 0 Å². The van der Waals surface area contributed by atoms with E-state index in [-0.39, 0.29) is 22.4 Å². The van der Waals surface area contributed by atoms with Crippen molar-refractivity contribution in [1.82, 2.24) is 9.44 Å². The van der Waals surface area contributed by atoms with E-state index >= 15 is 0 Å². The molecule has 8 rings (SSSR count). The minimum absolute atomic E-state index is 0.197. The Labute approximate surface area is 399 Å². The monoisotopic (exact) mass is 958 g/mol. The lowest BCUT2D eigenvalue weighted by atomic mass is 9.99. The maximum absolute atomic E-state index is 13.3. The molecule has 0 aliphatic heterocycles. The van der Waals surface area contributed by atoms with Gasteiger partial charge in [0.1, 0.15) is 17.1 Å². The summed E-state index contributed by atoms with van der Waals surface area (Å²) in [7, 11) is -7.48. The van der Waals surface area contributed by atoms with E-state index in [0.29, 0.717) is 24.3 Å². The average molecular weight is 959 g/mol. The van der Waals surface area contributed by atoms with Gasteiger partial charge < -0.3 is 19.3 Å². The van der Waals surface area contributed by atoms with Crippen molar-refractivity contribution >= 4 is 32.0 Å². The van der Waals surface area contributed by atoms with Crippen molar-refractivity contribution in [1.29, 1.82) is 0 Å². The van der Waals surface area contributed by atoms with Gasteiger partial charge in [-0.2, -0.15) is 0 Å². The molecule has 2 aliphatic carbocycles. The minimum atomic E-state index is -3.74. The zero-order chi connectivity index (χ0) is 48.3. The van der Waals surface area contributed by atoms with Gasteiger partial charge in [0.15, 0.2) is 13.2 Å². The summed E-state index contributed by atoms with van der Waals surface area (Å²) in [6, 6.07) is 43.6. The van der Waals surface area contributed by atoms with Gasteiger partial charge in [0.05, 0.1) is 9.79 Å². The molecule has 356 valence electrons. The molecule has 0 amide bonds. The molecule has 2 aliphatic rings. The highest BCUT2D eigenvalue weighted by atomic mass is 32.2. The number of hydrogen-bond acceptors (Lipinski definition) is 9. The Morgan fingerprint density at radius 1 is 0.529 bits per heavy atom. The molecule has 0 fully saturated rings. The first-order valence-electron chi connectivity index (χ1n) is 22.8. The van der Waals surface area contributed by atoms with Gasteiger partial charge in [-0.05, 0) is 140 Å². The molecule has 6 aromatic carbocycles. The van der Waals surface area contributed by atoms with Gasteiger partial charge in [0.25, 0.3) is 0 Å². The maximum atomic E-state index is 13.3. The SMILES string of the molecule is CC(C)(C)OC(=O)COc1cccc2c1CCCCC2NS(=O)(=O)c1ccc(-c2ccccc2)cc1.O=C(O)COc1cccc2c1CCCCC2NS(=O)(=O)c1ccc(-c2ccccc2)cc1. The van der Waals surface area contributed by atoms with Crippen molar-refractivity contribution < 1.29 is 45.7 Å². The molecule has 3 N–H and O–H groups in total. The molecule has 2 atom stereocenters. The summed E-state index contributed by atoms with van der Waals surface area (Å²) < 4.78 is 75.3. The number of ether oxygens (including phenoxy) is 3. The second kappa shape index (κ2) is 22.2. The Morgan fingerprint density at radius 3 is 1.32 bits per heavy atom. The van der Waals surface area contributed by atoms with E-state index in [1.54, 1.807) is 36.4 Å². The highest BCUT2D eigenvalue weighted by Gasteiger charge is 2.29. The molecule has 0 aromatic heterocycles. The zero-order valence-corrected chi connectivity index (χ0v) is 40.2. The van der Waals surface area contributed by atoms with Crippen LogP contribution < -0.4 is 18.9 Å². The summed E-state index contributed by atoms with van der Waals surface area (Å²) in [5, 5.41) is 8.94. The Balaban J connectivity index is 0.000000203. The van der Waals surface area contributed by atoms with Crippen LogP contribution in [0, 0.1) is 0 Å². The lowest BCUT2D eigenvalue weighted by Gasteiger charge is -2.22. The second-order valence-corrected chi connectivity index (χ2v) is 21.3. The number of hydrogen-bond donors (Lipinski definition) is 3. The number of sulfonamides is 2. The highest BCUT2D eigenvalue weighted by Crippen LogP contribution is 2.37. The molecule has 0 saturated heterocycles. The highest BCUT2D eigenvalue weighted by molar-refractivity contribution is 7.89. The Kier molecular flexibility index (Phi) is 16.2. The van der Waals surface area contributed by atoms with Crippen LogP contribution in [0.1, 0.15) is 93.6 Å². The van der Waals surface area contributed by atoms with Crippen molar-refractivity contribution in [2.45, 2.75) is 99.6 Å². The largest absolute Gasteiger partial charge is 0.482 e. The molecular weight excluding hydrogens is 901 g/mol. The molecule has 0 radical (unpaired) electrons. The summed E-state index contributed by atoms with van der Waals surface area (Å²) in [5.41, 5.74) is 6.92. The second-order valence-electron chi connectivity index (χ2n) is 17.8. The molecule has 0 spiro atoms. The van der Waals surface area contributed by atoms with Crippen molar-refractivity contribution in [2.24, 2.45) is 0 Å². The van der Waals surface area contributed by atoms with E-state index in [2.05, 4.69) is 9.44 Å². The van der Waals surface area contributed by atoms with Gasteiger partial charge in [-0.1, -0.05) is 122 Å². The quantitative estimate of drug-likeness (QED) is 0.0704. The fraction of sp³-hybridized carbons (Fsp3) is 0.296. The third-order valence-corrected chi connectivity index (χ3v) is 14.7. The van der Waals surface area contributed by atoms with Crippen LogP contribution in [0.15, 0.2) is 155 Å². The number of fused-ring (bicyclic) bond motifs is 2. The predicted octanol–water partition coefficient (Wildman–Crippen LogP) is 10.4. The first-order chi connectivity index (χ1) is 32.6. The molecule has 6 aromatic rings. The van der Waals surface area contributed by atoms with Crippen LogP contribution in [0.4, 0.5) is 0 Å². The van der Waals surface area contributed by atoms with E-state index in [1.807, 2.05) is 130 Å². The minimum Gasteiger partial charge on any atom is -0.482 e. The predicted molar refractivity (Wildman–Crippen MR) is 262 cm³/mol. The fourth-order valence-electron chi connectivity index (χ4n) is 8.55. The third kappa shape index (κ3) is 13.2. The van der Waals surface area contributed by atoms with Gasteiger partial charge in [0.2, 0.25) is 20.0 Å². The zero-order valence-electron chi connectivity index (χ0n) is 38.5. The average Bonchev–Trinajstić information content (AvgIpc) is 3.66. The summed E-state index contributed by atoms with van der Waals surface area (Å²) >= 11 is 0. The van der Waals surface area contributed by atoms with Crippen LogP contribution in [-0.4, -0.2) is 52.7 Å². The molecule has 68 heavy (non-hydrogen) atoms. The first kappa shape index (κ1) is 49.6. The number of carbonyl (C=O) groups is 2. The van der Waals surface area contributed by atoms with Gasteiger partial charge in [0, 0.05) is 12.1 Å². The van der Waals surface area contributed by atoms with Crippen LogP contribution in [0.25, 0.3) is 22.3 Å². The van der Waals surface area contributed by atoms with Crippen molar-refractivity contribution in [3.63, 3.8) is 0 Å². The van der Waals surface area contributed by atoms with E-state index in [4.69, 9.17) is 19.3 Å². The lowest BCUT2D eigenvalue weighted by Crippen LogP contribution is -2.29. The number of carbonyl (C=O) groups excluding carboxylic acids is 1. The summed E-state index contributed by atoms with van der Waals surface area (Å²) in [4.78, 5) is 23.5. The fourth-order valence-corrected chi connectivity index (χ4v) is 11.1. The van der Waals surface area contributed by atoms with Gasteiger partial charge >= 0.3 is 11.9 Å². The Hall–Kier alpha value is -6.32. The van der Waals surface area contributed by atoms with Crippen LogP contribution in [0.3, 0.4) is 0 Å². The number of esters is 1. The van der Waals surface area contributed by atoms with Crippen LogP contribution >= 0.6 is 0 Å². The number of rotatable bonds is 14. The lowest BCUT2D eigenvalue weighted by molar-refractivity contribution is -0.157. The van der Waals surface area contributed by atoms with Crippen LogP contribution in [0.5, 0.6) is 11.5 Å². The molecule has 2 unspecified atom stereocenters.